The summed E-state index contributed by atoms with van der Waals surface area (Å²) in [7, 11) is 0. The predicted molar refractivity (Wildman–Crippen MR) is 279 cm³/mol. The molecule has 6 heteroatoms. The van der Waals surface area contributed by atoms with E-state index in [2.05, 4.69) is 93.7 Å². The van der Waals surface area contributed by atoms with E-state index in [-0.39, 0.29) is 37.5 Å². The molecular formula is C59H96O6. The fraction of sp³-hybridized carbons (Fsp3) is 0.644. The summed E-state index contributed by atoms with van der Waals surface area (Å²) in [4.78, 5) is 38.0. The molecule has 0 heterocycles. The Hall–Kier alpha value is -3.93. The van der Waals surface area contributed by atoms with Crippen LogP contribution < -0.4 is 0 Å². The van der Waals surface area contributed by atoms with Crippen molar-refractivity contribution in [3.63, 3.8) is 0 Å². The van der Waals surface area contributed by atoms with E-state index in [1.54, 1.807) is 0 Å². The maximum absolute atomic E-state index is 12.8. The first kappa shape index (κ1) is 61.1. The van der Waals surface area contributed by atoms with Crippen molar-refractivity contribution in [3.8, 4) is 0 Å². The first-order valence-corrected chi connectivity index (χ1v) is 26.5. The normalized spacial score (nSPS) is 13.0. The first-order valence-electron chi connectivity index (χ1n) is 26.5. The van der Waals surface area contributed by atoms with Crippen LogP contribution in [0, 0.1) is 0 Å². The third-order valence-electron chi connectivity index (χ3n) is 10.8. The molecule has 0 aliphatic rings. The highest BCUT2D eigenvalue weighted by Gasteiger charge is 2.19. The van der Waals surface area contributed by atoms with Crippen LogP contribution in [0.25, 0.3) is 0 Å². The van der Waals surface area contributed by atoms with Gasteiger partial charge in [0, 0.05) is 19.3 Å². The molecule has 0 aromatic rings. The van der Waals surface area contributed by atoms with Gasteiger partial charge in [-0.15, -0.1) is 0 Å². The summed E-state index contributed by atoms with van der Waals surface area (Å²) in [5.41, 5.74) is 0. The predicted octanol–water partition coefficient (Wildman–Crippen LogP) is 17.5. The van der Waals surface area contributed by atoms with Gasteiger partial charge < -0.3 is 14.2 Å². The van der Waals surface area contributed by atoms with Crippen molar-refractivity contribution in [1.29, 1.82) is 0 Å². The Kier molecular flexibility index (Phi) is 49.5. The van der Waals surface area contributed by atoms with Crippen LogP contribution in [-0.4, -0.2) is 37.2 Å². The molecule has 65 heavy (non-hydrogen) atoms. The molecule has 0 aliphatic heterocycles. The summed E-state index contributed by atoms with van der Waals surface area (Å²) in [6.45, 7) is 6.43. The van der Waals surface area contributed by atoms with Crippen molar-refractivity contribution in [2.45, 2.75) is 232 Å². The third kappa shape index (κ3) is 50.9. The Morgan fingerprint density at radius 2 is 0.662 bits per heavy atom. The van der Waals surface area contributed by atoms with Gasteiger partial charge in [0.25, 0.3) is 0 Å². The Labute approximate surface area is 400 Å². The van der Waals surface area contributed by atoms with Crippen LogP contribution in [0.4, 0.5) is 0 Å². The fourth-order valence-corrected chi connectivity index (χ4v) is 6.83. The molecule has 0 bridgehead atoms. The quantitative estimate of drug-likeness (QED) is 0.0199. The van der Waals surface area contributed by atoms with E-state index in [4.69, 9.17) is 14.2 Å². The van der Waals surface area contributed by atoms with Crippen molar-refractivity contribution >= 4 is 17.9 Å². The molecule has 368 valence electrons. The minimum atomic E-state index is -0.820. The summed E-state index contributed by atoms with van der Waals surface area (Å²) in [5, 5.41) is 0. The summed E-state index contributed by atoms with van der Waals surface area (Å²) in [5.74, 6) is -1.00. The largest absolute Gasteiger partial charge is 0.462 e. The minimum absolute atomic E-state index is 0.113. The monoisotopic (exact) mass is 901 g/mol. The van der Waals surface area contributed by atoms with Gasteiger partial charge in [-0.2, -0.15) is 0 Å². The van der Waals surface area contributed by atoms with Crippen molar-refractivity contribution in [2.24, 2.45) is 0 Å². The molecule has 0 amide bonds. The number of allylic oxidation sites excluding steroid dienone is 18. The van der Waals surface area contributed by atoms with Gasteiger partial charge in [0.05, 0.1) is 0 Å². The molecule has 0 aromatic heterocycles. The number of carbonyl (C=O) groups is 3. The second-order valence-corrected chi connectivity index (χ2v) is 17.2. The van der Waals surface area contributed by atoms with Gasteiger partial charge in [-0.3, -0.25) is 14.4 Å². The second kappa shape index (κ2) is 52.7. The Balaban J connectivity index is 4.54. The van der Waals surface area contributed by atoms with Crippen LogP contribution >= 0.6 is 0 Å². The van der Waals surface area contributed by atoms with Gasteiger partial charge in [0.2, 0.25) is 0 Å². The van der Waals surface area contributed by atoms with Crippen LogP contribution in [0.3, 0.4) is 0 Å². The summed E-state index contributed by atoms with van der Waals surface area (Å²) >= 11 is 0. The van der Waals surface area contributed by atoms with Gasteiger partial charge in [-0.1, -0.05) is 220 Å². The van der Waals surface area contributed by atoms with Crippen LogP contribution in [0.5, 0.6) is 0 Å². The highest BCUT2D eigenvalue weighted by molar-refractivity contribution is 5.71. The zero-order valence-electron chi connectivity index (χ0n) is 42.0. The van der Waals surface area contributed by atoms with E-state index >= 15 is 0 Å². The number of unbranched alkanes of at least 4 members (excludes halogenated alkanes) is 21. The van der Waals surface area contributed by atoms with E-state index < -0.39 is 6.10 Å². The highest BCUT2D eigenvalue weighted by Crippen LogP contribution is 2.12. The third-order valence-corrected chi connectivity index (χ3v) is 10.8. The minimum Gasteiger partial charge on any atom is -0.462 e. The molecule has 0 saturated heterocycles. The molecule has 0 N–H and O–H groups in total. The number of hydrogen-bond acceptors (Lipinski definition) is 6. The van der Waals surface area contributed by atoms with Crippen molar-refractivity contribution in [1.82, 2.24) is 0 Å². The topological polar surface area (TPSA) is 78.9 Å². The molecule has 0 fully saturated rings. The number of rotatable bonds is 46. The summed E-state index contributed by atoms with van der Waals surface area (Å²) in [6, 6.07) is 0. The lowest BCUT2D eigenvalue weighted by molar-refractivity contribution is -0.167. The van der Waals surface area contributed by atoms with Crippen molar-refractivity contribution in [2.75, 3.05) is 13.2 Å². The average molecular weight is 901 g/mol. The second-order valence-electron chi connectivity index (χ2n) is 17.2. The van der Waals surface area contributed by atoms with Crippen LogP contribution in [0.2, 0.25) is 0 Å². The lowest BCUT2D eigenvalue weighted by Crippen LogP contribution is -2.30. The molecule has 0 aliphatic carbocycles. The average Bonchev–Trinajstić information content (AvgIpc) is 3.30. The number of ether oxygens (including phenoxy) is 3. The molecule has 1 unspecified atom stereocenters. The molecule has 1 atom stereocenters. The lowest BCUT2D eigenvalue weighted by Gasteiger charge is -2.18. The van der Waals surface area contributed by atoms with E-state index in [0.717, 1.165) is 96.3 Å². The van der Waals surface area contributed by atoms with E-state index in [1.807, 2.05) is 36.5 Å². The molecular weight excluding hydrogens is 805 g/mol. The van der Waals surface area contributed by atoms with Gasteiger partial charge >= 0.3 is 17.9 Å². The number of esters is 3. The van der Waals surface area contributed by atoms with Crippen LogP contribution in [-0.2, 0) is 28.6 Å². The highest BCUT2D eigenvalue weighted by atomic mass is 16.6. The molecule has 6 nitrogen and oxygen atoms in total. The molecule has 0 spiro atoms. The molecule has 0 radical (unpaired) electrons. The lowest BCUT2D eigenvalue weighted by atomic mass is 10.1. The first-order chi connectivity index (χ1) is 32.0. The maximum atomic E-state index is 12.8. The summed E-state index contributed by atoms with van der Waals surface area (Å²) < 4.78 is 16.7. The Morgan fingerprint density at radius 1 is 0.323 bits per heavy atom. The molecule has 0 aromatic carbocycles. The van der Waals surface area contributed by atoms with Gasteiger partial charge in [-0.25, -0.2) is 0 Å². The molecule has 0 rings (SSSR count). The van der Waals surface area contributed by atoms with E-state index in [1.165, 1.54) is 83.5 Å². The van der Waals surface area contributed by atoms with Crippen LogP contribution in [0.15, 0.2) is 109 Å². The molecule has 0 saturated carbocycles. The van der Waals surface area contributed by atoms with Gasteiger partial charge in [-0.05, 0) is 96.3 Å². The standard InChI is InChI=1S/C59H96O6/c1-4-7-10-13-16-19-22-25-27-29-31-32-34-37-40-43-46-49-52-58(61)64-55-56(54-63-57(60)51-48-45-42-39-36-24-21-18-15-12-9-6-3)65-59(62)53-50-47-44-41-38-35-33-30-28-26-23-20-17-14-11-8-5-2/h10,13,16,18-19,21-22,25-29,31-33,35,41,44,56H,4-9,11-12,14-15,17,20,23-24,30,34,36-40,42-43,45-55H2,1-3H3/b13-10-,19-16-,21-18-,25-22-,28-26-,29-27-,32-31-,35-33-,44-41-. The van der Waals surface area contributed by atoms with Gasteiger partial charge in [0.15, 0.2) is 6.10 Å². The zero-order valence-corrected chi connectivity index (χ0v) is 42.0. The Bertz CT molecular complexity index is 1360. The SMILES string of the molecule is CCC\C=C/C=C\C=C/C=C\C=C/CCCCCCCC(=O)OCC(COC(=O)CCCCCCC/C=C\CCCCC)OC(=O)CCC/C=C\C/C=C\C/C=C\CCCCCCCC. The smallest absolute Gasteiger partial charge is 0.306 e. The van der Waals surface area contributed by atoms with Crippen molar-refractivity contribution in [3.05, 3.63) is 109 Å². The van der Waals surface area contributed by atoms with Crippen LogP contribution in [0.1, 0.15) is 226 Å². The van der Waals surface area contributed by atoms with E-state index in [9.17, 15) is 14.4 Å². The number of hydrogen-bond donors (Lipinski definition) is 0. The fourth-order valence-electron chi connectivity index (χ4n) is 6.83. The van der Waals surface area contributed by atoms with Gasteiger partial charge in [0.1, 0.15) is 13.2 Å². The Morgan fingerprint density at radius 3 is 1.15 bits per heavy atom. The van der Waals surface area contributed by atoms with Crippen molar-refractivity contribution < 1.29 is 28.6 Å². The number of carbonyl (C=O) groups excluding carboxylic acids is 3. The summed E-state index contributed by atoms with van der Waals surface area (Å²) in [6.07, 6.45) is 70.7. The zero-order chi connectivity index (χ0) is 47.2. The maximum Gasteiger partial charge on any atom is 0.306 e. The van der Waals surface area contributed by atoms with E-state index in [0.29, 0.717) is 19.3 Å².